The van der Waals surface area contributed by atoms with E-state index in [1.54, 1.807) is 0 Å². The van der Waals surface area contributed by atoms with E-state index in [4.69, 9.17) is 0 Å². The van der Waals surface area contributed by atoms with Crippen molar-refractivity contribution in [2.24, 2.45) is 5.92 Å². The fourth-order valence-electron chi connectivity index (χ4n) is 3.87. The number of rotatable bonds is 5. The Bertz CT molecular complexity index is 570. The number of carbonyl (C=O) groups is 2. The van der Waals surface area contributed by atoms with E-state index < -0.39 is 15.6 Å². The van der Waals surface area contributed by atoms with Gasteiger partial charge >= 0.3 is 0 Å². The summed E-state index contributed by atoms with van der Waals surface area (Å²) in [5.74, 6) is -0.0469. The molecule has 1 atom stereocenters. The van der Waals surface area contributed by atoms with Crippen molar-refractivity contribution in [3.8, 4) is 0 Å². The van der Waals surface area contributed by atoms with Gasteiger partial charge in [-0.1, -0.05) is 19.3 Å². The molecule has 0 bridgehead atoms. The molecule has 1 aliphatic carbocycles. The number of hydrogen-bond acceptors (Lipinski definition) is 4. The van der Waals surface area contributed by atoms with Gasteiger partial charge in [-0.25, -0.2) is 13.1 Å². The summed E-state index contributed by atoms with van der Waals surface area (Å²) in [5.41, 5.74) is -0.768. The molecular formula is C16H29N3O4S. The molecule has 2 rings (SSSR count). The summed E-state index contributed by atoms with van der Waals surface area (Å²) in [6.45, 7) is 3.03. The average Bonchev–Trinajstić information content (AvgIpc) is 2.52. The summed E-state index contributed by atoms with van der Waals surface area (Å²) >= 11 is 0. The lowest BCUT2D eigenvalue weighted by Crippen LogP contribution is -2.61. The molecule has 0 aromatic carbocycles. The van der Waals surface area contributed by atoms with Crippen LogP contribution in [-0.4, -0.2) is 56.6 Å². The van der Waals surface area contributed by atoms with E-state index in [-0.39, 0.29) is 17.7 Å². The minimum Gasteiger partial charge on any atom is -0.342 e. The Morgan fingerprint density at radius 1 is 1.17 bits per heavy atom. The molecule has 24 heavy (non-hydrogen) atoms. The molecule has 1 unspecified atom stereocenters. The Kier molecular flexibility index (Phi) is 6.25. The molecule has 0 aromatic heterocycles. The van der Waals surface area contributed by atoms with Crippen LogP contribution >= 0.6 is 0 Å². The lowest BCUT2D eigenvalue weighted by atomic mass is 9.79. The second-order valence-corrected chi connectivity index (χ2v) is 9.04. The highest BCUT2D eigenvalue weighted by Crippen LogP contribution is 2.31. The zero-order valence-corrected chi connectivity index (χ0v) is 15.5. The van der Waals surface area contributed by atoms with Gasteiger partial charge in [-0.05, 0) is 31.6 Å². The number of hydrogen-bond donors (Lipinski definition) is 2. The van der Waals surface area contributed by atoms with Gasteiger partial charge in [0.05, 0.1) is 6.26 Å². The molecule has 138 valence electrons. The number of piperidine rings is 1. The van der Waals surface area contributed by atoms with Crippen LogP contribution in [0.4, 0.5) is 0 Å². The molecule has 1 heterocycles. The number of likely N-dealkylation sites (tertiary alicyclic amines) is 1. The van der Waals surface area contributed by atoms with E-state index in [1.807, 2.05) is 4.90 Å². The lowest BCUT2D eigenvalue weighted by molar-refractivity contribution is -0.144. The SMILES string of the molecule is CC(=O)NC1(C(=O)N2CCCC(CNS(C)(=O)=O)C2)CCCCC1. The molecule has 2 N–H and O–H groups in total. The van der Waals surface area contributed by atoms with Crippen molar-refractivity contribution in [3.05, 3.63) is 0 Å². The van der Waals surface area contributed by atoms with Gasteiger partial charge in [0.2, 0.25) is 21.8 Å². The maximum absolute atomic E-state index is 13.1. The largest absolute Gasteiger partial charge is 0.342 e. The molecule has 1 saturated heterocycles. The maximum Gasteiger partial charge on any atom is 0.248 e. The Hall–Kier alpha value is -1.15. The van der Waals surface area contributed by atoms with E-state index in [0.29, 0.717) is 32.5 Å². The zero-order valence-electron chi connectivity index (χ0n) is 14.6. The van der Waals surface area contributed by atoms with Crippen molar-refractivity contribution in [3.63, 3.8) is 0 Å². The van der Waals surface area contributed by atoms with E-state index in [0.717, 1.165) is 38.4 Å². The van der Waals surface area contributed by atoms with Crippen molar-refractivity contribution in [1.29, 1.82) is 0 Å². The van der Waals surface area contributed by atoms with E-state index in [2.05, 4.69) is 10.0 Å². The fraction of sp³-hybridized carbons (Fsp3) is 0.875. The average molecular weight is 359 g/mol. The molecule has 1 aliphatic heterocycles. The molecule has 0 aromatic rings. The molecular weight excluding hydrogens is 330 g/mol. The quantitative estimate of drug-likeness (QED) is 0.752. The van der Waals surface area contributed by atoms with E-state index in [9.17, 15) is 18.0 Å². The first kappa shape index (κ1) is 19.2. The van der Waals surface area contributed by atoms with Crippen molar-refractivity contribution < 1.29 is 18.0 Å². The molecule has 2 fully saturated rings. The van der Waals surface area contributed by atoms with Gasteiger partial charge in [-0.15, -0.1) is 0 Å². The first-order valence-corrected chi connectivity index (χ1v) is 10.6. The maximum atomic E-state index is 13.1. The Morgan fingerprint density at radius 3 is 2.42 bits per heavy atom. The van der Waals surface area contributed by atoms with Crippen LogP contribution < -0.4 is 10.0 Å². The summed E-state index contributed by atoms with van der Waals surface area (Å²) < 4.78 is 25.1. The van der Waals surface area contributed by atoms with Crippen molar-refractivity contribution in [2.45, 2.75) is 57.4 Å². The molecule has 7 nitrogen and oxygen atoms in total. The summed E-state index contributed by atoms with van der Waals surface area (Å²) in [4.78, 5) is 26.6. The number of carbonyl (C=O) groups excluding carboxylic acids is 2. The second kappa shape index (κ2) is 7.82. The van der Waals surface area contributed by atoms with Crippen LogP contribution in [-0.2, 0) is 19.6 Å². The summed E-state index contributed by atoms with van der Waals surface area (Å²) in [5, 5.41) is 2.92. The van der Waals surface area contributed by atoms with Gasteiger partial charge in [0.25, 0.3) is 0 Å². The number of amides is 2. The predicted molar refractivity (Wildman–Crippen MR) is 91.8 cm³/mol. The Labute approximate surface area is 144 Å². The van der Waals surface area contributed by atoms with Gasteiger partial charge in [0.15, 0.2) is 0 Å². The summed E-state index contributed by atoms with van der Waals surface area (Å²) in [6.07, 6.45) is 7.26. The summed E-state index contributed by atoms with van der Waals surface area (Å²) in [6, 6.07) is 0. The normalized spacial score (nSPS) is 24.4. The number of nitrogens with zero attached hydrogens (tertiary/aromatic N) is 1. The summed E-state index contributed by atoms with van der Waals surface area (Å²) in [7, 11) is -3.22. The van der Waals surface area contributed by atoms with Crippen LogP contribution in [0.2, 0.25) is 0 Å². The topological polar surface area (TPSA) is 95.6 Å². The van der Waals surface area contributed by atoms with Gasteiger partial charge < -0.3 is 10.2 Å². The van der Waals surface area contributed by atoms with E-state index >= 15 is 0 Å². The molecule has 2 aliphatic rings. The van der Waals surface area contributed by atoms with Gasteiger partial charge in [-0.3, -0.25) is 9.59 Å². The molecule has 2 amide bonds. The third kappa shape index (κ3) is 5.17. The van der Waals surface area contributed by atoms with Crippen molar-refractivity contribution in [1.82, 2.24) is 14.9 Å². The zero-order chi connectivity index (χ0) is 17.8. The standard InChI is InChI=1S/C16H29N3O4S/c1-13(20)18-16(8-4-3-5-9-16)15(21)19-10-6-7-14(12-19)11-17-24(2,22)23/h14,17H,3-12H2,1-2H3,(H,18,20). The third-order valence-electron chi connectivity index (χ3n) is 4.97. The highest BCUT2D eigenvalue weighted by Gasteiger charge is 2.43. The monoisotopic (exact) mass is 359 g/mol. The first-order chi connectivity index (χ1) is 11.2. The van der Waals surface area contributed by atoms with Crippen LogP contribution in [0.15, 0.2) is 0 Å². The van der Waals surface area contributed by atoms with Gasteiger partial charge in [0, 0.05) is 26.6 Å². The fourth-order valence-corrected chi connectivity index (χ4v) is 4.41. The molecule has 0 spiro atoms. The minimum atomic E-state index is -3.22. The van der Waals surface area contributed by atoms with Crippen LogP contribution in [0, 0.1) is 5.92 Å². The highest BCUT2D eigenvalue weighted by molar-refractivity contribution is 7.88. The highest BCUT2D eigenvalue weighted by atomic mass is 32.2. The number of sulfonamides is 1. The van der Waals surface area contributed by atoms with Gasteiger partial charge in [0.1, 0.15) is 5.54 Å². The van der Waals surface area contributed by atoms with Crippen LogP contribution in [0.1, 0.15) is 51.9 Å². The van der Waals surface area contributed by atoms with Crippen LogP contribution in [0.25, 0.3) is 0 Å². The van der Waals surface area contributed by atoms with Crippen molar-refractivity contribution in [2.75, 3.05) is 25.9 Å². The third-order valence-corrected chi connectivity index (χ3v) is 5.66. The van der Waals surface area contributed by atoms with Gasteiger partial charge in [-0.2, -0.15) is 0 Å². The molecule has 8 heteroatoms. The number of nitrogens with one attached hydrogen (secondary N) is 2. The van der Waals surface area contributed by atoms with Crippen LogP contribution in [0.3, 0.4) is 0 Å². The van der Waals surface area contributed by atoms with E-state index in [1.165, 1.54) is 6.92 Å². The van der Waals surface area contributed by atoms with Crippen LogP contribution in [0.5, 0.6) is 0 Å². The van der Waals surface area contributed by atoms with Crippen molar-refractivity contribution >= 4 is 21.8 Å². The molecule has 0 radical (unpaired) electrons. The smallest absolute Gasteiger partial charge is 0.248 e. The minimum absolute atomic E-state index is 0.00135. The first-order valence-electron chi connectivity index (χ1n) is 8.75. The predicted octanol–water partition coefficient (Wildman–Crippen LogP) is 0.613. The lowest BCUT2D eigenvalue weighted by Gasteiger charge is -2.42. The Balaban J connectivity index is 2.04. The Morgan fingerprint density at radius 2 is 1.83 bits per heavy atom. The second-order valence-electron chi connectivity index (χ2n) is 7.20. The molecule has 1 saturated carbocycles.